The van der Waals surface area contributed by atoms with Crippen molar-refractivity contribution in [1.82, 2.24) is 15.0 Å². The molecule has 0 aliphatic heterocycles. The van der Waals surface area contributed by atoms with Crippen molar-refractivity contribution >= 4 is 43.9 Å². The van der Waals surface area contributed by atoms with Crippen LogP contribution in [-0.4, -0.2) is 15.0 Å². The average molecular weight is 566 g/mol. The van der Waals surface area contributed by atoms with Gasteiger partial charge in [0, 0.05) is 43.8 Å². The molecule has 0 N–H and O–H groups in total. The lowest BCUT2D eigenvalue weighted by Gasteiger charge is -2.08. The summed E-state index contributed by atoms with van der Waals surface area (Å²) in [6.45, 7) is 0. The molecular formula is C39H23N3O2. The number of hydrogen-bond acceptors (Lipinski definition) is 5. The molecule has 0 saturated carbocycles. The molecule has 9 rings (SSSR count). The van der Waals surface area contributed by atoms with Gasteiger partial charge in [-0.1, -0.05) is 115 Å². The summed E-state index contributed by atoms with van der Waals surface area (Å²) < 4.78 is 12.8. The summed E-state index contributed by atoms with van der Waals surface area (Å²) in [4.78, 5) is 14.6. The van der Waals surface area contributed by atoms with Crippen LogP contribution in [0.2, 0.25) is 0 Å². The van der Waals surface area contributed by atoms with Crippen LogP contribution in [0, 0.1) is 0 Å². The number of hydrogen-bond donors (Lipinski definition) is 0. The summed E-state index contributed by atoms with van der Waals surface area (Å²) >= 11 is 0. The van der Waals surface area contributed by atoms with Crippen LogP contribution < -0.4 is 0 Å². The molecule has 206 valence electrons. The van der Waals surface area contributed by atoms with Gasteiger partial charge < -0.3 is 8.83 Å². The molecule has 0 amide bonds. The Morgan fingerprint density at radius 2 is 0.955 bits per heavy atom. The van der Waals surface area contributed by atoms with E-state index in [2.05, 4.69) is 42.5 Å². The third-order valence-corrected chi connectivity index (χ3v) is 8.15. The Balaban J connectivity index is 1.23. The third-order valence-electron chi connectivity index (χ3n) is 8.15. The molecule has 0 bridgehead atoms. The molecule has 3 heterocycles. The Morgan fingerprint density at radius 1 is 0.364 bits per heavy atom. The molecule has 0 spiro atoms. The van der Waals surface area contributed by atoms with E-state index in [1.54, 1.807) is 0 Å². The zero-order valence-electron chi connectivity index (χ0n) is 23.4. The quantitative estimate of drug-likeness (QED) is 0.212. The molecular weight excluding hydrogens is 542 g/mol. The van der Waals surface area contributed by atoms with Crippen molar-refractivity contribution in [3.8, 4) is 45.3 Å². The highest BCUT2D eigenvalue weighted by Gasteiger charge is 2.19. The van der Waals surface area contributed by atoms with Gasteiger partial charge in [0.05, 0.1) is 0 Å². The maximum Gasteiger partial charge on any atom is 0.164 e. The van der Waals surface area contributed by atoms with Gasteiger partial charge in [-0.25, -0.2) is 15.0 Å². The molecule has 3 aromatic heterocycles. The maximum absolute atomic E-state index is 6.67. The first kappa shape index (κ1) is 24.5. The number of fused-ring (bicyclic) bond motifs is 6. The Bertz CT molecular complexity index is 2440. The minimum Gasteiger partial charge on any atom is -0.456 e. The lowest BCUT2D eigenvalue weighted by Crippen LogP contribution is -2.00. The Kier molecular flexibility index (Phi) is 5.43. The standard InChI is InChI=1S/C39H23N3O2/c1-3-11-24(12-4-1)37-40-38(25-13-5-2-6-14-25)42-39(41-37)26-21-22-27-29-17-9-18-30(36(29)44-34(27)23-26)28-16-10-20-33-35(28)31-15-7-8-19-32(31)43-33/h1-23H. The van der Waals surface area contributed by atoms with Crippen LogP contribution in [0.3, 0.4) is 0 Å². The minimum atomic E-state index is 0.593. The highest BCUT2D eigenvalue weighted by molar-refractivity contribution is 6.17. The summed E-state index contributed by atoms with van der Waals surface area (Å²) in [5.41, 5.74) is 8.17. The number of nitrogens with zero attached hydrogens (tertiary/aromatic N) is 3. The van der Waals surface area contributed by atoms with E-state index < -0.39 is 0 Å². The molecule has 0 fully saturated rings. The summed E-state index contributed by atoms with van der Waals surface area (Å²) in [6, 6.07) is 46.9. The van der Waals surface area contributed by atoms with Gasteiger partial charge in [0.25, 0.3) is 0 Å². The van der Waals surface area contributed by atoms with Crippen molar-refractivity contribution < 1.29 is 8.83 Å². The lowest BCUT2D eigenvalue weighted by atomic mass is 9.97. The molecule has 0 saturated heterocycles. The number of benzene rings is 6. The predicted octanol–water partition coefficient (Wildman–Crippen LogP) is 10.3. The molecule has 9 aromatic rings. The first-order valence-electron chi connectivity index (χ1n) is 14.5. The molecule has 6 aromatic carbocycles. The van der Waals surface area contributed by atoms with Crippen molar-refractivity contribution in [2.75, 3.05) is 0 Å². The van der Waals surface area contributed by atoms with E-state index in [0.717, 1.165) is 71.7 Å². The van der Waals surface area contributed by atoms with Crippen molar-refractivity contribution in [3.63, 3.8) is 0 Å². The normalized spacial score (nSPS) is 11.6. The van der Waals surface area contributed by atoms with Crippen LogP contribution in [0.25, 0.3) is 89.2 Å². The van der Waals surface area contributed by atoms with E-state index >= 15 is 0 Å². The monoisotopic (exact) mass is 565 g/mol. The molecule has 0 unspecified atom stereocenters. The van der Waals surface area contributed by atoms with Crippen LogP contribution in [-0.2, 0) is 0 Å². The summed E-state index contributed by atoms with van der Waals surface area (Å²) in [6.07, 6.45) is 0. The molecule has 5 heteroatoms. The number of aromatic nitrogens is 3. The Labute approximate surface area is 252 Å². The zero-order valence-corrected chi connectivity index (χ0v) is 23.4. The Morgan fingerprint density at radius 3 is 1.70 bits per heavy atom. The van der Waals surface area contributed by atoms with Crippen LogP contribution in [0.4, 0.5) is 0 Å². The third kappa shape index (κ3) is 3.91. The average Bonchev–Trinajstić information content (AvgIpc) is 3.67. The van der Waals surface area contributed by atoms with Gasteiger partial charge in [-0.05, 0) is 29.8 Å². The second-order valence-corrected chi connectivity index (χ2v) is 10.8. The fourth-order valence-electron chi connectivity index (χ4n) is 6.09. The van der Waals surface area contributed by atoms with Gasteiger partial charge in [0.1, 0.15) is 22.3 Å². The molecule has 0 atom stereocenters. The van der Waals surface area contributed by atoms with Gasteiger partial charge in [-0.3, -0.25) is 0 Å². The van der Waals surface area contributed by atoms with E-state index in [0.29, 0.717) is 17.5 Å². The predicted molar refractivity (Wildman–Crippen MR) is 176 cm³/mol. The largest absolute Gasteiger partial charge is 0.456 e. The van der Waals surface area contributed by atoms with E-state index in [9.17, 15) is 0 Å². The van der Waals surface area contributed by atoms with Crippen molar-refractivity contribution in [3.05, 3.63) is 140 Å². The fourth-order valence-corrected chi connectivity index (χ4v) is 6.09. The molecule has 5 nitrogen and oxygen atoms in total. The fraction of sp³-hybridized carbons (Fsp3) is 0. The molecule has 44 heavy (non-hydrogen) atoms. The van der Waals surface area contributed by atoms with Crippen LogP contribution >= 0.6 is 0 Å². The number of para-hydroxylation sites is 2. The van der Waals surface area contributed by atoms with Crippen LogP contribution in [0.5, 0.6) is 0 Å². The van der Waals surface area contributed by atoms with Crippen LogP contribution in [0.1, 0.15) is 0 Å². The zero-order chi connectivity index (χ0) is 29.0. The lowest BCUT2D eigenvalue weighted by molar-refractivity contribution is 0.668. The van der Waals surface area contributed by atoms with E-state index in [1.807, 2.05) is 97.1 Å². The molecule has 0 aliphatic carbocycles. The molecule has 0 aliphatic rings. The van der Waals surface area contributed by atoms with Crippen molar-refractivity contribution in [1.29, 1.82) is 0 Å². The van der Waals surface area contributed by atoms with E-state index in [-0.39, 0.29) is 0 Å². The smallest absolute Gasteiger partial charge is 0.164 e. The summed E-state index contributed by atoms with van der Waals surface area (Å²) in [7, 11) is 0. The van der Waals surface area contributed by atoms with Gasteiger partial charge in [-0.15, -0.1) is 0 Å². The van der Waals surface area contributed by atoms with E-state index in [4.69, 9.17) is 23.8 Å². The maximum atomic E-state index is 6.67. The Hall–Kier alpha value is -6.07. The van der Waals surface area contributed by atoms with Gasteiger partial charge >= 0.3 is 0 Å². The summed E-state index contributed by atoms with van der Waals surface area (Å²) in [5, 5.41) is 4.27. The topological polar surface area (TPSA) is 65.0 Å². The first-order chi connectivity index (χ1) is 21.8. The van der Waals surface area contributed by atoms with E-state index in [1.165, 1.54) is 0 Å². The number of rotatable bonds is 4. The second-order valence-electron chi connectivity index (χ2n) is 10.8. The van der Waals surface area contributed by atoms with Gasteiger partial charge in [0.2, 0.25) is 0 Å². The van der Waals surface area contributed by atoms with Crippen molar-refractivity contribution in [2.24, 2.45) is 0 Å². The first-order valence-corrected chi connectivity index (χ1v) is 14.5. The van der Waals surface area contributed by atoms with Crippen molar-refractivity contribution in [2.45, 2.75) is 0 Å². The minimum absolute atomic E-state index is 0.593. The van der Waals surface area contributed by atoms with Gasteiger partial charge in [0.15, 0.2) is 17.5 Å². The number of furan rings is 2. The highest BCUT2D eigenvalue weighted by atomic mass is 16.3. The van der Waals surface area contributed by atoms with Gasteiger partial charge in [-0.2, -0.15) is 0 Å². The molecule has 0 radical (unpaired) electrons. The highest BCUT2D eigenvalue weighted by Crippen LogP contribution is 2.42. The summed E-state index contributed by atoms with van der Waals surface area (Å²) in [5.74, 6) is 1.85. The van der Waals surface area contributed by atoms with Crippen LogP contribution in [0.15, 0.2) is 148 Å². The second kappa shape index (κ2) is 9.75. The SMILES string of the molecule is c1ccc(-c2nc(-c3ccccc3)nc(-c3ccc4c(c3)oc3c(-c5cccc6oc7ccccc7c56)cccc34)n2)cc1.